The molecule has 1 N–H and O–H groups in total. The molecule has 0 spiro atoms. The summed E-state index contributed by atoms with van der Waals surface area (Å²) in [6.45, 7) is 7.36. The van der Waals surface area contributed by atoms with Gasteiger partial charge in [-0.05, 0) is 48.9 Å². The average Bonchev–Trinajstić information content (AvgIpc) is 3.47. The number of nitro groups is 1. The minimum Gasteiger partial charge on any atom is -0.508 e. The summed E-state index contributed by atoms with van der Waals surface area (Å²) in [5.41, 5.74) is 3.71. The number of nitro benzene ring substituents is 1. The van der Waals surface area contributed by atoms with Gasteiger partial charge in [-0.3, -0.25) is 15.0 Å². The Labute approximate surface area is 180 Å². The van der Waals surface area contributed by atoms with E-state index in [1.807, 2.05) is 13.0 Å². The lowest BCUT2D eigenvalue weighted by Crippen LogP contribution is -2.25. The number of aromatic hydroxyl groups is 1. The van der Waals surface area contributed by atoms with Crippen LogP contribution in [0.2, 0.25) is 0 Å². The highest BCUT2D eigenvalue weighted by Crippen LogP contribution is 2.34. The molecule has 31 heavy (non-hydrogen) atoms. The molecule has 1 aliphatic rings. The fourth-order valence-electron chi connectivity index (χ4n) is 3.84. The fraction of sp³-hybridized carbons (Fsp3) is 0.391. The van der Waals surface area contributed by atoms with Crippen LogP contribution < -0.4 is 0 Å². The molecule has 0 bridgehead atoms. The molecule has 0 unspecified atom stereocenters. The van der Waals surface area contributed by atoms with Crippen LogP contribution in [0.15, 0.2) is 40.8 Å². The van der Waals surface area contributed by atoms with Crippen LogP contribution >= 0.6 is 0 Å². The molecule has 1 heterocycles. The number of hydrogen-bond donors (Lipinski definition) is 1. The molecule has 1 saturated carbocycles. The van der Waals surface area contributed by atoms with Crippen molar-refractivity contribution < 1.29 is 14.4 Å². The Morgan fingerprint density at radius 3 is 2.68 bits per heavy atom. The summed E-state index contributed by atoms with van der Waals surface area (Å²) >= 11 is 0. The normalized spacial score (nSPS) is 13.8. The van der Waals surface area contributed by atoms with Crippen molar-refractivity contribution in [3.05, 3.63) is 69.1 Å². The van der Waals surface area contributed by atoms with Gasteiger partial charge < -0.3 is 9.52 Å². The number of nitrogens with zero attached hydrogens (tertiary/aromatic N) is 4. The van der Waals surface area contributed by atoms with E-state index in [0.717, 1.165) is 24.0 Å². The summed E-state index contributed by atoms with van der Waals surface area (Å²) in [7, 11) is 0. The minimum atomic E-state index is -0.449. The number of phenolic OH excluding ortho intramolecular Hbond substituents is 1. The Bertz CT molecular complexity index is 1100. The summed E-state index contributed by atoms with van der Waals surface area (Å²) < 4.78 is 5.81. The van der Waals surface area contributed by atoms with Gasteiger partial charge in [0.25, 0.3) is 5.69 Å². The summed E-state index contributed by atoms with van der Waals surface area (Å²) in [5.74, 6) is 1.39. The molecule has 3 aromatic rings. The Kier molecular flexibility index (Phi) is 5.73. The van der Waals surface area contributed by atoms with Gasteiger partial charge in [-0.15, -0.1) is 10.2 Å². The monoisotopic (exact) mass is 422 g/mol. The van der Waals surface area contributed by atoms with Crippen molar-refractivity contribution in [1.29, 1.82) is 0 Å². The lowest BCUT2D eigenvalue weighted by molar-refractivity contribution is -0.384. The molecule has 0 atom stereocenters. The number of phenols is 1. The van der Waals surface area contributed by atoms with Crippen LogP contribution in [0.4, 0.5) is 5.69 Å². The van der Waals surface area contributed by atoms with E-state index >= 15 is 0 Å². The molecular formula is C23H26N4O4. The van der Waals surface area contributed by atoms with E-state index in [4.69, 9.17) is 4.42 Å². The van der Waals surface area contributed by atoms with E-state index in [-0.39, 0.29) is 11.6 Å². The first-order valence-corrected chi connectivity index (χ1v) is 10.5. The van der Waals surface area contributed by atoms with Crippen molar-refractivity contribution in [1.82, 2.24) is 15.1 Å². The molecule has 4 rings (SSSR count). The van der Waals surface area contributed by atoms with Crippen molar-refractivity contribution in [3.8, 4) is 17.2 Å². The predicted molar refractivity (Wildman–Crippen MR) is 116 cm³/mol. The first kappa shape index (κ1) is 21.0. The number of aryl methyl sites for hydroxylation is 1. The van der Waals surface area contributed by atoms with Crippen LogP contribution in [0.25, 0.3) is 11.5 Å². The zero-order valence-corrected chi connectivity index (χ0v) is 17.9. The van der Waals surface area contributed by atoms with Gasteiger partial charge in [-0.2, -0.15) is 0 Å². The SMILES string of the molecule is Cc1cc(O)c(CN(Cc2nnc(-c3cccc([N+](=O)[O-])c3)o2)C2CC2)cc1C(C)C. The maximum absolute atomic E-state index is 11.0. The van der Waals surface area contributed by atoms with Gasteiger partial charge in [0, 0.05) is 35.8 Å². The van der Waals surface area contributed by atoms with Crippen LogP contribution in [-0.2, 0) is 13.1 Å². The second-order valence-corrected chi connectivity index (χ2v) is 8.44. The van der Waals surface area contributed by atoms with Gasteiger partial charge in [0.1, 0.15) is 5.75 Å². The Morgan fingerprint density at radius 2 is 2.00 bits per heavy atom. The molecule has 2 aromatic carbocycles. The molecule has 1 aliphatic carbocycles. The maximum atomic E-state index is 11.0. The van der Waals surface area contributed by atoms with Gasteiger partial charge in [0.15, 0.2) is 0 Å². The van der Waals surface area contributed by atoms with Crippen LogP contribution in [0, 0.1) is 17.0 Å². The van der Waals surface area contributed by atoms with Crippen molar-refractivity contribution in [2.75, 3.05) is 0 Å². The molecule has 1 fully saturated rings. The fourth-order valence-corrected chi connectivity index (χ4v) is 3.84. The Balaban J connectivity index is 1.54. The van der Waals surface area contributed by atoms with E-state index in [1.165, 1.54) is 17.7 Å². The molecular weight excluding hydrogens is 396 g/mol. The van der Waals surface area contributed by atoms with Crippen molar-refractivity contribution >= 4 is 5.69 Å². The zero-order valence-electron chi connectivity index (χ0n) is 17.9. The van der Waals surface area contributed by atoms with E-state index in [9.17, 15) is 15.2 Å². The van der Waals surface area contributed by atoms with Gasteiger partial charge in [0.05, 0.1) is 11.5 Å². The van der Waals surface area contributed by atoms with Crippen molar-refractivity contribution in [2.45, 2.75) is 58.7 Å². The van der Waals surface area contributed by atoms with Gasteiger partial charge in [-0.1, -0.05) is 26.0 Å². The number of rotatable bonds is 8. The molecule has 8 heteroatoms. The lowest BCUT2D eigenvalue weighted by atomic mass is 9.95. The second kappa shape index (κ2) is 8.47. The van der Waals surface area contributed by atoms with Gasteiger partial charge in [-0.25, -0.2) is 0 Å². The molecule has 162 valence electrons. The highest BCUT2D eigenvalue weighted by Gasteiger charge is 2.31. The van der Waals surface area contributed by atoms with Crippen LogP contribution in [0.3, 0.4) is 0 Å². The van der Waals surface area contributed by atoms with Crippen molar-refractivity contribution in [2.24, 2.45) is 0 Å². The highest BCUT2D eigenvalue weighted by atomic mass is 16.6. The van der Waals surface area contributed by atoms with E-state index < -0.39 is 4.92 Å². The van der Waals surface area contributed by atoms with Crippen LogP contribution in [-0.4, -0.2) is 31.2 Å². The number of benzene rings is 2. The smallest absolute Gasteiger partial charge is 0.270 e. The van der Waals surface area contributed by atoms with Crippen LogP contribution in [0.1, 0.15) is 55.2 Å². The quantitative estimate of drug-likeness (QED) is 0.404. The second-order valence-electron chi connectivity index (χ2n) is 8.44. The number of hydrogen-bond acceptors (Lipinski definition) is 7. The number of aromatic nitrogens is 2. The highest BCUT2D eigenvalue weighted by molar-refractivity contribution is 5.57. The van der Waals surface area contributed by atoms with Crippen molar-refractivity contribution in [3.63, 3.8) is 0 Å². The molecule has 8 nitrogen and oxygen atoms in total. The molecule has 1 aromatic heterocycles. The largest absolute Gasteiger partial charge is 0.508 e. The van der Waals surface area contributed by atoms with Crippen LogP contribution in [0.5, 0.6) is 5.75 Å². The maximum Gasteiger partial charge on any atom is 0.270 e. The standard InChI is InChI=1S/C23H26N4O4/c1-14(2)20-11-17(21(28)9-15(20)3)12-26(18-7-8-18)13-22-24-25-23(31-22)16-5-4-6-19(10-16)27(29)30/h4-6,9-11,14,18,28H,7-8,12-13H2,1-3H3. The summed E-state index contributed by atoms with van der Waals surface area (Å²) in [4.78, 5) is 12.8. The summed E-state index contributed by atoms with van der Waals surface area (Å²) in [6, 6.07) is 10.5. The molecule has 0 amide bonds. The third-order valence-electron chi connectivity index (χ3n) is 5.64. The first-order chi connectivity index (χ1) is 14.8. The lowest BCUT2D eigenvalue weighted by Gasteiger charge is -2.22. The molecule has 0 saturated heterocycles. The van der Waals surface area contributed by atoms with E-state index in [2.05, 4.69) is 35.0 Å². The van der Waals surface area contributed by atoms with E-state index in [1.54, 1.807) is 12.1 Å². The third kappa shape index (κ3) is 4.74. The molecule has 0 radical (unpaired) electrons. The van der Waals surface area contributed by atoms with E-state index in [0.29, 0.717) is 42.3 Å². The van der Waals surface area contributed by atoms with Gasteiger partial charge in [0.2, 0.25) is 11.8 Å². The Hall–Kier alpha value is -3.26. The average molecular weight is 422 g/mol. The zero-order chi connectivity index (χ0) is 22.1. The molecule has 0 aliphatic heterocycles. The minimum absolute atomic E-state index is 0.0207. The first-order valence-electron chi connectivity index (χ1n) is 10.5. The Morgan fingerprint density at radius 1 is 1.23 bits per heavy atom. The topological polar surface area (TPSA) is 106 Å². The number of non-ortho nitro benzene ring substituents is 1. The van der Waals surface area contributed by atoms with Gasteiger partial charge >= 0.3 is 0 Å². The predicted octanol–water partition coefficient (Wildman–Crippen LogP) is 4.95. The summed E-state index contributed by atoms with van der Waals surface area (Å²) in [5, 5.41) is 29.8. The summed E-state index contributed by atoms with van der Waals surface area (Å²) in [6.07, 6.45) is 2.19. The third-order valence-corrected chi connectivity index (χ3v) is 5.64.